The Hall–Kier alpha value is -2.98. The fraction of sp³-hybridized carbons (Fsp3) is 0.316. The van der Waals surface area contributed by atoms with Gasteiger partial charge in [-0.2, -0.15) is 4.31 Å². The van der Waals surface area contributed by atoms with Gasteiger partial charge in [-0.05, 0) is 38.1 Å². The average molecular weight is 420 g/mol. The van der Waals surface area contributed by atoms with Crippen LogP contribution in [0.1, 0.15) is 24.2 Å². The van der Waals surface area contributed by atoms with Crippen LogP contribution in [0.15, 0.2) is 53.4 Å². The summed E-state index contributed by atoms with van der Waals surface area (Å²) in [5, 5.41) is 16.6. The molecule has 10 heteroatoms. The highest BCUT2D eigenvalue weighted by molar-refractivity contribution is 7.89. The molecule has 2 rings (SSSR count). The number of hydrogen-bond acceptors (Lipinski definition) is 6. The molecule has 0 heterocycles. The maximum atomic E-state index is 12.6. The summed E-state index contributed by atoms with van der Waals surface area (Å²) in [7, 11) is -2.20. The lowest BCUT2D eigenvalue weighted by molar-refractivity contribution is -0.384. The monoisotopic (exact) mass is 420 g/mol. The van der Waals surface area contributed by atoms with Gasteiger partial charge in [0.25, 0.3) is 11.6 Å². The molecule has 29 heavy (non-hydrogen) atoms. The molecule has 0 unspecified atom stereocenters. The highest BCUT2D eigenvalue weighted by Crippen LogP contribution is 2.22. The first-order valence-corrected chi connectivity index (χ1v) is 10.4. The number of para-hydroxylation sites is 2. The highest BCUT2D eigenvalue weighted by Gasteiger charge is 2.23. The summed E-state index contributed by atoms with van der Waals surface area (Å²) in [6, 6.07) is 11.8. The summed E-state index contributed by atoms with van der Waals surface area (Å²) in [4.78, 5) is 22.9. The van der Waals surface area contributed by atoms with E-state index in [1.807, 2.05) is 0 Å². The molecule has 156 valence electrons. The van der Waals surface area contributed by atoms with E-state index in [0.717, 1.165) is 0 Å². The zero-order valence-electron chi connectivity index (χ0n) is 16.5. The second-order valence-electron chi connectivity index (χ2n) is 6.60. The molecule has 2 aromatic carbocycles. The van der Waals surface area contributed by atoms with Crippen molar-refractivity contribution < 1.29 is 18.1 Å². The topological polar surface area (TPSA) is 122 Å². The van der Waals surface area contributed by atoms with E-state index < -0.39 is 20.9 Å². The number of hydrogen-bond donors (Lipinski definition) is 2. The average Bonchev–Trinajstić information content (AvgIpc) is 2.70. The van der Waals surface area contributed by atoms with E-state index in [4.69, 9.17) is 0 Å². The molecule has 0 aliphatic carbocycles. The zero-order valence-corrected chi connectivity index (χ0v) is 17.3. The Labute approximate surface area is 169 Å². The van der Waals surface area contributed by atoms with E-state index >= 15 is 0 Å². The zero-order chi connectivity index (χ0) is 21.6. The van der Waals surface area contributed by atoms with E-state index in [1.54, 1.807) is 32.0 Å². The Kier molecular flexibility index (Phi) is 7.29. The normalized spacial score (nSPS) is 11.5. The van der Waals surface area contributed by atoms with Crippen molar-refractivity contribution in [2.24, 2.45) is 0 Å². The molecule has 0 radical (unpaired) electrons. The van der Waals surface area contributed by atoms with Crippen LogP contribution in [0.2, 0.25) is 0 Å². The smallest absolute Gasteiger partial charge is 0.292 e. The van der Waals surface area contributed by atoms with Crippen LogP contribution in [0.25, 0.3) is 0 Å². The van der Waals surface area contributed by atoms with Crippen LogP contribution in [0.4, 0.5) is 11.4 Å². The minimum Gasteiger partial charge on any atom is -0.378 e. The standard InChI is InChI=1S/C19H24N4O5S/c1-14(2)22(3)29(27,28)16-8-6-7-15(13-16)19(24)21-12-11-20-17-9-4-5-10-18(17)23(25)26/h4-10,13-14,20H,11-12H2,1-3H3,(H,21,24). The van der Waals surface area contributed by atoms with Crippen LogP contribution in [0.5, 0.6) is 0 Å². The number of anilines is 1. The Balaban J connectivity index is 2.00. The summed E-state index contributed by atoms with van der Waals surface area (Å²) in [5.41, 5.74) is 0.525. The molecule has 0 atom stereocenters. The predicted octanol–water partition coefficient (Wildman–Crippen LogP) is 2.47. The van der Waals surface area contributed by atoms with Crippen molar-refractivity contribution in [2.45, 2.75) is 24.8 Å². The summed E-state index contributed by atoms with van der Waals surface area (Å²) < 4.78 is 26.4. The van der Waals surface area contributed by atoms with Gasteiger partial charge in [0.2, 0.25) is 10.0 Å². The molecule has 9 nitrogen and oxygen atoms in total. The molecule has 0 bridgehead atoms. The SMILES string of the molecule is CC(C)N(C)S(=O)(=O)c1cccc(C(=O)NCCNc2ccccc2[N+](=O)[O-])c1. The number of amides is 1. The lowest BCUT2D eigenvalue weighted by Crippen LogP contribution is -2.33. The van der Waals surface area contributed by atoms with Gasteiger partial charge in [0.1, 0.15) is 5.69 Å². The molecule has 0 aliphatic rings. The van der Waals surface area contributed by atoms with Gasteiger partial charge in [0, 0.05) is 37.8 Å². The minimum absolute atomic E-state index is 0.0411. The Bertz CT molecular complexity index is 992. The third-order valence-corrected chi connectivity index (χ3v) is 6.36. The van der Waals surface area contributed by atoms with Crippen LogP contribution in [-0.4, -0.2) is 49.7 Å². The number of sulfonamides is 1. The summed E-state index contributed by atoms with van der Waals surface area (Å²) in [6.07, 6.45) is 0. The van der Waals surface area contributed by atoms with Crippen LogP contribution in [-0.2, 0) is 10.0 Å². The number of benzene rings is 2. The molecule has 0 aliphatic heterocycles. The van der Waals surface area contributed by atoms with E-state index in [-0.39, 0.29) is 35.3 Å². The first-order valence-electron chi connectivity index (χ1n) is 8.98. The van der Waals surface area contributed by atoms with Gasteiger partial charge in [-0.1, -0.05) is 18.2 Å². The lowest BCUT2D eigenvalue weighted by atomic mass is 10.2. The van der Waals surface area contributed by atoms with E-state index in [1.165, 1.54) is 41.7 Å². The van der Waals surface area contributed by atoms with Crippen LogP contribution >= 0.6 is 0 Å². The van der Waals surface area contributed by atoms with Crippen LogP contribution in [0.3, 0.4) is 0 Å². The maximum Gasteiger partial charge on any atom is 0.292 e. The molecule has 1 amide bonds. The van der Waals surface area contributed by atoms with Gasteiger partial charge >= 0.3 is 0 Å². The molecule has 2 N–H and O–H groups in total. The fourth-order valence-corrected chi connectivity index (χ4v) is 3.91. The number of nitrogens with one attached hydrogen (secondary N) is 2. The first kappa shape index (κ1) is 22.3. The van der Waals surface area contributed by atoms with Gasteiger partial charge in [-0.15, -0.1) is 0 Å². The number of carbonyl (C=O) groups excluding carboxylic acids is 1. The van der Waals surface area contributed by atoms with Crippen molar-refractivity contribution in [3.05, 3.63) is 64.2 Å². The van der Waals surface area contributed by atoms with Gasteiger partial charge in [-0.3, -0.25) is 14.9 Å². The van der Waals surface area contributed by atoms with E-state index in [0.29, 0.717) is 5.69 Å². The quantitative estimate of drug-likeness (QED) is 0.365. The van der Waals surface area contributed by atoms with Crippen molar-refractivity contribution in [1.82, 2.24) is 9.62 Å². The Morgan fingerprint density at radius 3 is 2.48 bits per heavy atom. The summed E-state index contributed by atoms with van der Waals surface area (Å²) in [6.45, 7) is 3.99. The largest absolute Gasteiger partial charge is 0.378 e. The van der Waals surface area contributed by atoms with Gasteiger partial charge in [0.05, 0.1) is 9.82 Å². The number of rotatable bonds is 9. The van der Waals surface area contributed by atoms with Crippen molar-refractivity contribution in [1.29, 1.82) is 0 Å². The van der Waals surface area contributed by atoms with Crippen molar-refractivity contribution >= 4 is 27.3 Å². The molecule has 0 fully saturated rings. The number of carbonyl (C=O) groups is 1. The van der Waals surface area contributed by atoms with Crippen LogP contribution < -0.4 is 10.6 Å². The van der Waals surface area contributed by atoms with Crippen molar-refractivity contribution in [2.75, 3.05) is 25.5 Å². The minimum atomic E-state index is -3.69. The number of nitro benzene ring substituents is 1. The van der Waals surface area contributed by atoms with Gasteiger partial charge in [0.15, 0.2) is 0 Å². The van der Waals surface area contributed by atoms with Crippen LogP contribution in [0, 0.1) is 10.1 Å². The number of nitrogens with zero attached hydrogens (tertiary/aromatic N) is 2. The maximum absolute atomic E-state index is 12.6. The van der Waals surface area contributed by atoms with Crippen molar-refractivity contribution in [3.63, 3.8) is 0 Å². The summed E-state index contributed by atoms with van der Waals surface area (Å²) >= 11 is 0. The third-order valence-electron chi connectivity index (χ3n) is 4.33. The Morgan fingerprint density at radius 2 is 1.83 bits per heavy atom. The van der Waals surface area contributed by atoms with Gasteiger partial charge in [-0.25, -0.2) is 8.42 Å². The first-order chi connectivity index (χ1) is 13.6. The number of nitro groups is 1. The second-order valence-corrected chi connectivity index (χ2v) is 8.60. The molecule has 0 aromatic heterocycles. The molecule has 0 saturated carbocycles. The molecule has 0 spiro atoms. The Morgan fingerprint density at radius 1 is 1.14 bits per heavy atom. The second kappa shape index (κ2) is 9.48. The van der Waals surface area contributed by atoms with Crippen molar-refractivity contribution in [3.8, 4) is 0 Å². The third kappa shape index (κ3) is 5.52. The molecule has 0 saturated heterocycles. The molecular formula is C19H24N4O5S. The molecular weight excluding hydrogens is 396 g/mol. The predicted molar refractivity (Wildman–Crippen MR) is 110 cm³/mol. The van der Waals surface area contributed by atoms with Gasteiger partial charge < -0.3 is 10.6 Å². The molecule has 2 aromatic rings. The fourth-order valence-electron chi connectivity index (χ4n) is 2.50. The lowest BCUT2D eigenvalue weighted by Gasteiger charge is -2.21. The summed E-state index contributed by atoms with van der Waals surface area (Å²) in [5.74, 6) is -0.432. The highest BCUT2D eigenvalue weighted by atomic mass is 32.2. The van der Waals surface area contributed by atoms with E-state index in [9.17, 15) is 23.3 Å². The van der Waals surface area contributed by atoms with E-state index in [2.05, 4.69) is 10.6 Å².